The highest BCUT2D eigenvalue weighted by Gasteiger charge is 2.23. The topological polar surface area (TPSA) is 32.3 Å². The molecule has 4 nitrogen and oxygen atoms in total. The maximum absolute atomic E-state index is 4.63. The third-order valence-electron chi connectivity index (χ3n) is 4.56. The van der Waals surface area contributed by atoms with Gasteiger partial charge in [0, 0.05) is 31.7 Å². The third-order valence-corrected chi connectivity index (χ3v) is 4.56. The zero-order valence-corrected chi connectivity index (χ0v) is 14.1. The molecule has 1 aliphatic heterocycles. The minimum atomic E-state index is 0.533. The lowest BCUT2D eigenvalue weighted by molar-refractivity contribution is 0.312. The first-order chi connectivity index (χ1) is 10.1. The fraction of sp³-hybridized carbons (Fsp3) is 0.647. The number of hydrogen-bond acceptors (Lipinski definition) is 4. The smallest absolute Gasteiger partial charge is 0.139 e. The Labute approximate surface area is 128 Å². The van der Waals surface area contributed by atoms with Gasteiger partial charge in [0.15, 0.2) is 0 Å². The number of allylic oxidation sites excluding steroid dienone is 2. The number of aryl methyl sites for hydroxylation is 1. The molecule has 1 atom stereocenters. The summed E-state index contributed by atoms with van der Waals surface area (Å²) in [5.74, 6) is 1.65. The van der Waals surface area contributed by atoms with E-state index in [-0.39, 0.29) is 0 Å². The number of anilines is 1. The molecule has 0 aromatic carbocycles. The lowest BCUT2D eigenvalue weighted by Crippen LogP contribution is -2.45. The van der Waals surface area contributed by atoms with E-state index in [1.165, 1.54) is 11.1 Å². The molecule has 0 bridgehead atoms. The van der Waals surface area contributed by atoms with E-state index in [1.54, 1.807) is 6.33 Å². The van der Waals surface area contributed by atoms with Crippen LogP contribution < -0.4 is 4.90 Å². The molecule has 0 radical (unpaired) electrons. The third kappa shape index (κ3) is 3.43. The second-order valence-electron chi connectivity index (χ2n) is 6.00. The van der Waals surface area contributed by atoms with Crippen LogP contribution in [0.4, 0.5) is 5.82 Å². The summed E-state index contributed by atoms with van der Waals surface area (Å²) in [5, 5.41) is 0. The first-order valence-electron chi connectivity index (χ1n) is 8.00. The highest BCUT2D eigenvalue weighted by atomic mass is 15.3. The summed E-state index contributed by atoms with van der Waals surface area (Å²) in [4.78, 5) is 13.9. The number of hydrogen-bond donors (Lipinski definition) is 0. The van der Waals surface area contributed by atoms with Crippen LogP contribution in [0, 0.1) is 12.8 Å². The molecule has 116 valence electrons. The molecule has 1 aromatic heterocycles. The molecule has 4 heteroatoms. The molecular formula is C17H28N4. The van der Waals surface area contributed by atoms with Crippen molar-refractivity contribution in [2.24, 2.45) is 5.92 Å². The van der Waals surface area contributed by atoms with Crippen LogP contribution in [0.5, 0.6) is 0 Å². The Balaban J connectivity index is 2.41. The van der Waals surface area contributed by atoms with Crippen LogP contribution in [0.2, 0.25) is 0 Å². The maximum Gasteiger partial charge on any atom is 0.139 e. The van der Waals surface area contributed by atoms with Gasteiger partial charge in [-0.05, 0) is 38.8 Å². The Morgan fingerprint density at radius 2 is 1.95 bits per heavy atom. The van der Waals surface area contributed by atoms with Gasteiger partial charge in [0.2, 0.25) is 0 Å². The molecule has 1 aliphatic rings. The predicted molar refractivity (Wildman–Crippen MR) is 89.6 cm³/mol. The number of rotatable bonds is 4. The Hall–Kier alpha value is -1.42. The van der Waals surface area contributed by atoms with Gasteiger partial charge in [0.05, 0.1) is 5.69 Å². The van der Waals surface area contributed by atoms with E-state index < -0.39 is 0 Å². The van der Waals surface area contributed by atoms with Gasteiger partial charge in [0.25, 0.3) is 0 Å². The summed E-state index contributed by atoms with van der Waals surface area (Å²) >= 11 is 0. The molecule has 0 spiro atoms. The van der Waals surface area contributed by atoms with E-state index in [2.05, 4.69) is 60.6 Å². The monoisotopic (exact) mass is 288 g/mol. The van der Waals surface area contributed by atoms with Gasteiger partial charge in [-0.1, -0.05) is 19.9 Å². The summed E-state index contributed by atoms with van der Waals surface area (Å²) in [5.41, 5.74) is 3.72. The SMILES string of the molecule is C/C=C(\c1c(C)ncnc1N1CCN(C)CC1)C(C)CC. The highest BCUT2D eigenvalue weighted by Crippen LogP contribution is 2.33. The number of piperazine rings is 1. The van der Waals surface area contributed by atoms with E-state index in [0.29, 0.717) is 5.92 Å². The van der Waals surface area contributed by atoms with Crippen LogP contribution in [-0.4, -0.2) is 48.1 Å². The summed E-state index contributed by atoms with van der Waals surface area (Å²) in [6, 6.07) is 0. The Morgan fingerprint density at radius 1 is 1.29 bits per heavy atom. The van der Waals surface area contributed by atoms with Crippen LogP contribution in [0.1, 0.15) is 38.4 Å². The van der Waals surface area contributed by atoms with Crippen molar-refractivity contribution in [1.29, 1.82) is 0 Å². The first-order valence-corrected chi connectivity index (χ1v) is 8.00. The summed E-state index contributed by atoms with van der Waals surface area (Å²) in [6.45, 7) is 13.0. The van der Waals surface area contributed by atoms with Crippen LogP contribution in [0.3, 0.4) is 0 Å². The van der Waals surface area contributed by atoms with Gasteiger partial charge in [-0.25, -0.2) is 9.97 Å². The Kier molecular flexibility index (Phi) is 5.34. The molecule has 1 fully saturated rings. The Morgan fingerprint density at radius 3 is 2.52 bits per heavy atom. The molecule has 2 heterocycles. The van der Waals surface area contributed by atoms with E-state index in [4.69, 9.17) is 0 Å². The minimum Gasteiger partial charge on any atom is -0.353 e. The van der Waals surface area contributed by atoms with E-state index >= 15 is 0 Å². The second-order valence-corrected chi connectivity index (χ2v) is 6.00. The van der Waals surface area contributed by atoms with E-state index in [1.807, 2.05) is 0 Å². The molecule has 1 unspecified atom stereocenters. The number of nitrogens with zero attached hydrogens (tertiary/aromatic N) is 4. The molecule has 2 rings (SSSR count). The van der Waals surface area contributed by atoms with Crippen molar-refractivity contribution in [3.8, 4) is 0 Å². The number of likely N-dealkylation sites (N-methyl/N-ethyl adjacent to an activating group) is 1. The normalized spacial score (nSPS) is 18.9. The van der Waals surface area contributed by atoms with Crippen molar-refractivity contribution in [2.45, 2.75) is 34.1 Å². The van der Waals surface area contributed by atoms with Gasteiger partial charge in [-0.3, -0.25) is 0 Å². The molecule has 21 heavy (non-hydrogen) atoms. The molecule has 0 amide bonds. The quantitative estimate of drug-likeness (QED) is 0.852. The Bertz CT molecular complexity index is 502. The highest BCUT2D eigenvalue weighted by molar-refractivity contribution is 5.77. The maximum atomic E-state index is 4.63. The van der Waals surface area contributed by atoms with Gasteiger partial charge in [-0.15, -0.1) is 0 Å². The molecule has 1 aromatic rings. The van der Waals surface area contributed by atoms with Crippen molar-refractivity contribution < 1.29 is 0 Å². The van der Waals surface area contributed by atoms with Gasteiger partial charge >= 0.3 is 0 Å². The van der Waals surface area contributed by atoms with Gasteiger partial charge in [0.1, 0.15) is 12.1 Å². The summed E-state index contributed by atoms with van der Waals surface area (Å²) < 4.78 is 0. The van der Waals surface area contributed by atoms with Crippen molar-refractivity contribution in [1.82, 2.24) is 14.9 Å². The van der Waals surface area contributed by atoms with Crippen molar-refractivity contribution >= 4 is 11.4 Å². The molecule has 0 N–H and O–H groups in total. The minimum absolute atomic E-state index is 0.533. The van der Waals surface area contributed by atoms with Gasteiger partial charge in [-0.2, -0.15) is 0 Å². The fourth-order valence-electron chi connectivity index (χ4n) is 2.95. The predicted octanol–water partition coefficient (Wildman–Crippen LogP) is 2.99. The molecule has 0 aliphatic carbocycles. The standard InChI is InChI=1S/C17H28N4/c1-6-13(3)15(7-2)16-14(4)18-12-19-17(16)21-10-8-20(5)9-11-21/h7,12-13H,6,8-11H2,1-5H3/b15-7-. The van der Waals surface area contributed by atoms with Gasteiger partial charge < -0.3 is 9.80 Å². The largest absolute Gasteiger partial charge is 0.353 e. The van der Waals surface area contributed by atoms with Crippen LogP contribution in [0.15, 0.2) is 12.4 Å². The van der Waals surface area contributed by atoms with Crippen molar-refractivity contribution in [2.75, 3.05) is 38.1 Å². The van der Waals surface area contributed by atoms with Crippen LogP contribution in [0.25, 0.3) is 5.57 Å². The first kappa shape index (κ1) is 16.0. The zero-order chi connectivity index (χ0) is 15.4. The summed E-state index contributed by atoms with van der Waals surface area (Å²) in [7, 11) is 2.18. The zero-order valence-electron chi connectivity index (χ0n) is 14.1. The average Bonchev–Trinajstić information content (AvgIpc) is 2.50. The second kappa shape index (κ2) is 7.03. The summed E-state index contributed by atoms with van der Waals surface area (Å²) in [6.07, 6.45) is 5.08. The molecule has 0 saturated carbocycles. The van der Waals surface area contributed by atoms with Crippen LogP contribution >= 0.6 is 0 Å². The molecular weight excluding hydrogens is 260 g/mol. The van der Waals surface area contributed by atoms with Crippen molar-refractivity contribution in [3.05, 3.63) is 23.7 Å². The van der Waals surface area contributed by atoms with Crippen LogP contribution in [-0.2, 0) is 0 Å². The average molecular weight is 288 g/mol. The van der Waals surface area contributed by atoms with E-state index in [9.17, 15) is 0 Å². The number of aromatic nitrogens is 2. The lowest BCUT2D eigenvalue weighted by atomic mass is 9.90. The van der Waals surface area contributed by atoms with E-state index in [0.717, 1.165) is 44.1 Å². The van der Waals surface area contributed by atoms with Crippen molar-refractivity contribution in [3.63, 3.8) is 0 Å². The molecule has 1 saturated heterocycles. The fourth-order valence-corrected chi connectivity index (χ4v) is 2.95. The lowest BCUT2D eigenvalue weighted by Gasteiger charge is -2.35.